The van der Waals surface area contributed by atoms with Crippen molar-refractivity contribution in [1.82, 2.24) is 0 Å². The monoisotopic (exact) mass is 1310 g/mol. The fraction of sp³-hybridized carbons (Fsp3) is 0.676. The number of carbonyl (C=O) groups is 4. The van der Waals surface area contributed by atoms with Crippen LogP contribution in [0.3, 0.4) is 0 Å². The lowest BCUT2D eigenvalue weighted by molar-refractivity contribution is 0.0578. The molecule has 0 fully saturated rings. The van der Waals surface area contributed by atoms with Crippen LogP contribution in [0, 0.1) is 13.8 Å². The maximum absolute atomic E-state index is 12.3. The number of benzene rings is 3. The zero-order valence-electron chi connectivity index (χ0n) is 53.4. The topological polar surface area (TPSA) is 161 Å². The number of aryl methyl sites for hydroxylation is 2. The minimum atomic E-state index is -0.539. The summed E-state index contributed by atoms with van der Waals surface area (Å²) in [5.74, 6) is 1.11. The van der Waals surface area contributed by atoms with Gasteiger partial charge in [-0.1, -0.05) is 188 Å². The van der Waals surface area contributed by atoms with Crippen LogP contribution in [0.25, 0.3) is 0 Å². The Morgan fingerprint density at radius 1 is 0.286 bits per heavy atom. The van der Waals surface area contributed by atoms with E-state index in [9.17, 15) is 19.2 Å². The molecule has 0 atom stereocenters. The number of methoxy groups -OCH3 is 4. The molecule has 478 valence electrons. The Bertz CT molecular complexity index is 1950. The van der Waals surface area contributed by atoms with Crippen molar-refractivity contribution in [3.05, 3.63) is 69.8 Å². The van der Waals surface area contributed by atoms with Gasteiger partial charge >= 0.3 is 23.9 Å². The molecule has 0 aliphatic carbocycles. The van der Waals surface area contributed by atoms with Crippen LogP contribution in [0.4, 0.5) is 0 Å². The minimum Gasteiger partial charge on any atom is -0.493 e. The van der Waals surface area contributed by atoms with Gasteiger partial charge in [0.05, 0.1) is 68.1 Å². The Morgan fingerprint density at radius 2 is 0.476 bits per heavy atom. The lowest BCUT2D eigenvalue weighted by Gasteiger charge is -2.16. The van der Waals surface area contributed by atoms with Crippen molar-refractivity contribution >= 4 is 55.7 Å². The van der Waals surface area contributed by atoms with Crippen LogP contribution >= 0.6 is 31.9 Å². The molecule has 0 amide bonds. The van der Waals surface area contributed by atoms with Crippen molar-refractivity contribution in [2.24, 2.45) is 0 Å². The number of hydrogen-bond acceptors (Lipinski definition) is 14. The Labute approximate surface area is 523 Å². The standard InChI is InChI=1S/C24H38O6.C22H32Br2O6.C22H38O2/c1-5-7-9-11-13-15-29-21-17-20(24(26)28-4)22(18-19(21)23(25)27-3)30-16-14-12-10-8-6-2;1-27-21(25)17-15-20(30-14-10-6-4-8-12-24)18(22(26)28-2)16-19(17)29-13-9-5-3-7-11-23;1-5-7-9-11-13-15-23-21-17-20(4)22(18-19(21)3)24-16-14-12-10-8-6-2/h17-18H,5-16H2,1-4H3;15-16H,3-14H2,1-2H3;17-18H,5-16H2,1-4H3. The molecule has 0 aliphatic heterocycles. The van der Waals surface area contributed by atoms with Gasteiger partial charge in [0.2, 0.25) is 0 Å². The molecular weight excluding hydrogens is 1200 g/mol. The van der Waals surface area contributed by atoms with Crippen LogP contribution in [0.2, 0.25) is 0 Å². The highest BCUT2D eigenvalue weighted by molar-refractivity contribution is 9.09. The molecular formula is C68H108Br2O14. The van der Waals surface area contributed by atoms with E-state index in [1.165, 1.54) is 141 Å². The highest BCUT2D eigenvalue weighted by atomic mass is 79.9. The summed E-state index contributed by atoms with van der Waals surface area (Å²) < 4.78 is 54.8. The van der Waals surface area contributed by atoms with Crippen molar-refractivity contribution in [2.45, 2.75) is 221 Å². The quantitative estimate of drug-likeness (QED) is 0.0227. The van der Waals surface area contributed by atoms with Crippen molar-refractivity contribution in [2.75, 3.05) is 78.7 Å². The van der Waals surface area contributed by atoms with E-state index in [1.54, 1.807) is 0 Å². The summed E-state index contributed by atoms with van der Waals surface area (Å²) in [4.78, 5) is 49.1. The summed E-state index contributed by atoms with van der Waals surface area (Å²) >= 11 is 6.83. The summed E-state index contributed by atoms with van der Waals surface area (Å²) in [5.41, 5.74) is 3.32. The van der Waals surface area contributed by atoms with Gasteiger partial charge in [-0.25, -0.2) is 19.2 Å². The van der Waals surface area contributed by atoms with Gasteiger partial charge in [0.25, 0.3) is 0 Å². The first kappa shape index (κ1) is 77.3. The SMILES string of the molecule is CCCCCCCOc1cc(C(=O)OC)c(OCCCCCCC)cc1C(=O)OC.CCCCCCCOc1cc(C)c(OCCCCCCC)cc1C.COC(=O)c1cc(OCCCCCCBr)c(C(=O)OC)cc1OCCCCCCBr. The van der Waals surface area contributed by atoms with E-state index in [0.29, 0.717) is 49.4 Å². The van der Waals surface area contributed by atoms with E-state index >= 15 is 0 Å². The molecule has 0 saturated carbocycles. The summed E-state index contributed by atoms with van der Waals surface area (Å²) in [7, 11) is 5.26. The fourth-order valence-corrected chi connectivity index (χ4v) is 9.56. The normalized spacial score (nSPS) is 10.6. The second-order valence-corrected chi connectivity index (χ2v) is 22.6. The number of carbonyl (C=O) groups excluding carboxylic acids is 4. The average molecular weight is 1310 g/mol. The van der Waals surface area contributed by atoms with E-state index < -0.39 is 23.9 Å². The highest BCUT2D eigenvalue weighted by Crippen LogP contribution is 2.33. The number of ether oxygens (including phenoxy) is 10. The van der Waals surface area contributed by atoms with Crippen molar-refractivity contribution < 1.29 is 66.5 Å². The highest BCUT2D eigenvalue weighted by Gasteiger charge is 2.24. The molecule has 3 aromatic rings. The lowest BCUT2D eigenvalue weighted by atomic mass is 10.1. The molecule has 0 unspecified atom stereocenters. The molecule has 84 heavy (non-hydrogen) atoms. The molecule has 0 radical (unpaired) electrons. The van der Waals surface area contributed by atoms with Gasteiger partial charge in [0.15, 0.2) is 0 Å². The third-order valence-electron chi connectivity index (χ3n) is 13.9. The number of unbranched alkanes of at least 4 members (excludes halogenated alkanes) is 22. The predicted molar refractivity (Wildman–Crippen MR) is 347 cm³/mol. The van der Waals surface area contributed by atoms with Crippen LogP contribution in [-0.4, -0.2) is 103 Å². The lowest BCUT2D eigenvalue weighted by Crippen LogP contribution is -2.12. The Hall–Kier alpha value is -4.70. The van der Waals surface area contributed by atoms with Gasteiger partial charge in [-0.3, -0.25) is 0 Å². The first-order chi connectivity index (χ1) is 40.8. The van der Waals surface area contributed by atoms with E-state index in [2.05, 4.69) is 85.5 Å². The Morgan fingerprint density at radius 3 is 0.667 bits per heavy atom. The van der Waals surface area contributed by atoms with Crippen LogP contribution < -0.4 is 28.4 Å². The molecule has 0 spiro atoms. The van der Waals surface area contributed by atoms with Gasteiger partial charge in [-0.2, -0.15) is 0 Å². The summed E-state index contributed by atoms with van der Waals surface area (Å²) in [5, 5.41) is 1.97. The molecule has 0 bridgehead atoms. The van der Waals surface area contributed by atoms with Crippen LogP contribution in [0.15, 0.2) is 36.4 Å². The maximum Gasteiger partial charge on any atom is 0.341 e. The number of alkyl halides is 2. The fourth-order valence-electron chi connectivity index (χ4n) is 8.77. The number of esters is 4. The zero-order valence-corrected chi connectivity index (χ0v) is 56.6. The molecule has 0 saturated heterocycles. The molecule has 0 aliphatic rings. The molecule has 0 N–H and O–H groups in total. The van der Waals surface area contributed by atoms with Crippen LogP contribution in [0.1, 0.15) is 260 Å². The van der Waals surface area contributed by atoms with Gasteiger partial charge in [-0.15, -0.1) is 0 Å². The zero-order chi connectivity index (χ0) is 62.0. The second kappa shape index (κ2) is 51.5. The molecule has 14 nitrogen and oxygen atoms in total. The summed E-state index contributed by atoms with van der Waals surface area (Å²) in [6.07, 6.45) is 31.9. The van der Waals surface area contributed by atoms with Gasteiger partial charge in [0, 0.05) is 10.7 Å². The van der Waals surface area contributed by atoms with Crippen molar-refractivity contribution in [3.8, 4) is 34.5 Å². The Balaban J connectivity index is 0.000000635. The Kier molecular flexibility index (Phi) is 47.4. The number of halogens is 2. The molecule has 0 aromatic heterocycles. The molecule has 3 aromatic carbocycles. The third-order valence-corrected chi connectivity index (χ3v) is 15.0. The minimum absolute atomic E-state index is 0.236. The molecule has 0 heterocycles. The summed E-state index contributed by atoms with van der Waals surface area (Å²) in [6, 6.07) is 10.3. The average Bonchev–Trinajstić information content (AvgIpc) is 3.66. The van der Waals surface area contributed by atoms with E-state index in [1.807, 2.05) is 0 Å². The van der Waals surface area contributed by atoms with Crippen LogP contribution in [0.5, 0.6) is 34.5 Å². The van der Waals surface area contributed by atoms with Crippen molar-refractivity contribution in [3.63, 3.8) is 0 Å². The maximum atomic E-state index is 12.3. The first-order valence-electron chi connectivity index (χ1n) is 31.5. The van der Waals surface area contributed by atoms with E-state index in [-0.39, 0.29) is 22.3 Å². The summed E-state index contributed by atoms with van der Waals surface area (Å²) in [6.45, 7) is 16.5. The van der Waals surface area contributed by atoms with E-state index in [0.717, 1.165) is 138 Å². The molecule has 16 heteroatoms. The van der Waals surface area contributed by atoms with Crippen molar-refractivity contribution in [1.29, 1.82) is 0 Å². The van der Waals surface area contributed by atoms with E-state index in [4.69, 9.17) is 47.4 Å². The van der Waals surface area contributed by atoms with Crippen LogP contribution in [-0.2, 0) is 18.9 Å². The van der Waals surface area contributed by atoms with Gasteiger partial charge in [-0.05, 0) is 113 Å². The first-order valence-corrected chi connectivity index (χ1v) is 33.8. The third kappa shape index (κ3) is 33.9. The van der Waals surface area contributed by atoms with Gasteiger partial charge < -0.3 is 47.4 Å². The molecule has 3 rings (SSSR count). The largest absolute Gasteiger partial charge is 0.493 e. The second-order valence-electron chi connectivity index (χ2n) is 21.0. The predicted octanol–water partition coefficient (Wildman–Crippen LogP) is 18.9. The van der Waals surface area contributed by atoms with Gasteiger partial charge in [0.1, 0.15) is 56.8 Å². The number of hydrogen-bond donors (Lipinski definition) is 0. The number of rotatable bonds is 46. The smallest absolute Gasteiger partial charge is 0.341 e.